The molecule has 0 amide bonds. The van der Waals surface area contributed by atoms with E-state index in [0.717, 1.165) is 0 Å². The molecule has 80 valence electrons. The van der Waals surface area contributed by atoms with Gasteiger partial charge in [-0.1, -0.05) is 11.2 Å². The highest BCUT2D eigenvalue weighted by Gasteiger charge is 2.12. The summed E-state index contributed by atoms with van der Waals surface area (Å²) in [5, 5.41) is 3.94. The van der Waals surface area contributed by atoms with E-state index >= 15 is 0 Å². The molecule has 0 radical (unpaired) electrons. The van der Waals surface area contributed by atoms with Crippen molar-refractivity contribution in [3.63, 3.8) is 0 Å². The number of benzene rings is 1. The summed E-state index contributed by atoms with van der Waals surface area (Å²) < 4.78 is 23.7. The number of halogens is 1. The van der Waals surface area contributed by atoms with Gasteiger partial charge in [-0.25, -0.2) is 4.39 Å². The standard InChI is InChI=1S/C11H7FN2O2/c12-7-2-1-3-8-6(7)4-9(15-8)10-5-11(13)14-16-10/h1-5H,(H2,13,14). The highest BCUT2D eigenvalue weighted by molar-refractivity contribution is 5.82. The van der Waals surface area contributed by atoms with Crippen LogP contribution in [0.3, 0.4) is 0 Å². The fraction of sp³-hybridized carbons (Fsp3) is 0. The Balaban J connectivity index is 2.22. The Bertz CT molecular complexity index is 657. The van der Waals surface area contributed by atoms with Crippen LogP contribution in [0.1, 0.15) is 0 Å². The van der Waals surface area contributed by atoms with Gasteiger partial charge in [0.15, 0.2) is 11.6 Å². The first-order valence-electron chi connectivity index (χ1n) is 4.64. The largest absolute Gasteiger partial charge is 0.453 e. The topological polar surface area (TPSA) is 65.2 Å². The Labute approximate surface area is 89.4 Å². The maximum atomic E-state index is 13.4. The van der Waals surface area contributed by atoms with Gasteiger partial charge in [-0.15, -0.1) is 0 Å². The molecule has 4 nitrogen and oxygen atoms in total. The lowest BCUT2D eigenvalue weighted by Crippen LogP contribution is -1.79. The van der Waals surface area contributed by atoms with E-state index in [1.807, 2.05) is 0 Å². The molecule has 5 heteroatoms. The van der Waals surface area contributed by atoms with Crippen molar-refractivity contribution >= 4 is 16.8 Å². The van der Waals surface area contributed by atoms with E-state index in [-0.39, 0.29) is 11.6 Å². The molecule has 0 fully saturated rings. The molecule has 2 heterocycles. The summed E-state index contributed by atoms with van der Waals surface area (Å²) in [5.41, 5.74) is 5.88. The third-order valence-electron chi connectivity index (χ3n) is 2.28. The van der Waals surface area contributed by atoms with E-state index in [9.17, 15) is 4.39 Å². The lowest BCUT2D eigenvalue weighted by molar-refractivity contribution is 0.424. The highest BCUT2D eigenvalue weighted by Crippen LogP contribution is 2.29. The van der Waals surface area contributed by atoms with Gasteiger partial charge < -0.3 is 14.7 Å². The molecule has 16 heavy (non-hydrogen) atoms. The van der Waals surface area contributed by atoms with E-state index in [1.54, 1.807) is 18.2 Å². The van der Waals surface area contributed by atoms with Crippen LogP contribution in [0.15, 0.2) is 39.3 Å². The fourth-order valence-corrected chi connectivity index (χ4v) is 1.55. The predicted octanol–water partition coefficient (Wildman–Crippen LogP) is 2.81. The monoisotopic (exact) mass is 218 g/mol. The molecule has 3 rings (SSSR count). The molecular weight excluding hydrogens is 211 g/mol. The van der Waals surface area contributed by atoms with Crippen LogP contribution in [0.5, 0.6) is 0 Å². The average molecular weight is 218 g/mol. The summed E-state index contributed by atoms with van der Waals surface area (Å²) in [6.45, 7) is 0. The normalized spacial score (nSPS) is 11.1. The maximum absolute atomic E-state index is 13.4. The number of furan rings is 1. The van der Waals surface area contributed by atoms with Gasteiger partial charge >= 0.3 is 0 Å². The second-order valence-electron chi connectivity index (χ2n) is 3.38. The highest BCUT2D eigenvalue weighted by atomic mass is 19.1. The molecule has 2 aromatic heterocycles. The van der Waals surface area contributed by atoms with E-state index < -0.39 is 0 Å². The van der Waals surface area contributed by atoms with Gasteiger partial charge in [0.2, 0.25) is 5.76 Å². The van der Waals surface area contributed by atoms with Crippen molar-refractivity contribution < 1.29 is 13.3 Å². The molecule has 0 spiro atoms. The average Bonchev–Trinajstić information content (AvgIpc) is 2.84. The Morgan fingerprint density at radius 1 is 1.19 bits per heavy atom. The van der Waals surface area contributed by atoms with Crippen molar-refractivity contribution in [2.24, 2.45) is 0 Å². The minimum atomic E-state index is -0.333. The number of anilines is 1. The van der Waals surface area contributed by atoms with Crippen LogP contribution in [0, 0.1) is 5.82 Å². The summed E-state index contributed by atoms with van der Waals surface area (Å²) in [6, 6.07) is 7.72. The van der Waals surface area contributed by atoms with Gasteiger partial charge in [-0.2, -0.15) is 0 Å². The lowest BCUT2D eigenvalue weighted by atomic mass is 10.2. The van der Waals surface area contributed by atoms with Crippen molar-refractivity contribution in [3.05, 3.63) is 36.1 Å². The first-order chi connectivity index (χ1) is 7.74. The second-order valence-corrected chi connectivity index (χ2v) is 3.38. The molecule has 0 saturated heterocycles. The molecule has 0 saturated carbocycles. The summed E-state index contributed by atoms with van der Waals surface area (Å²) in [7, 11) is 0. The molecule has 2 N–H and O–H groups in total. The molecule has 0 aliphatic rings. The Morgan fingerprint density at radius 2 is 2.06 bits per heavy atom. The van der Waals surface area contributed by atoms with E-state index in [0.29, 0.717) is 22.5 Å². The molecule has 0 atom stereocenters. The zero-order valence-corrected chi connectivity index (χ0v) is 8.11. The Morgan fingerprint density at radius 3 is 2.75 bits per heavy atom. The van der Waals surface area contributed by atoms with Gasteiger partial charge in [-0.3, -0.25) is 0 Å². The van der Waals surface area contributed by atoms with Crippen molar-refractivity contribution in [1.82, 2.24) is 5.16 Å². The maximum Gasteiger partial charge on any atom is 0.204 e. The van der Waals surface area contributed by atoms with Gasteiger partial charge in [0.1, 0.15) is 11.4 Å². The summed E-state index contributed by atoms with van der Waals surface area (Å²) in [6.07, 6.45) is 0. The van der Waals surface area contributed by atoms with Gasteiger partial charge in [0.25, 0.3) is 0 Å². The second kappa shape index (κ2) is 3.10. The smallest absolute Gasteiger partial charge is 0.204 e. The summed E-state index contributed by atoms with van der Waals surface area (Å²) in [5.74, 6) is 0.716. The lowest BCUT2D eigenvalue weighted by Gasteiger charge is -1.87. The molecule has 1 aromatic carbocycles. The van der Waals surface area contributed by atoms with Gasteiger partial charge in [0.05, 0.1) is 5.39 Å². The van der Waals surface area contributed by atoms with Crippen LogP contribution >= 0.6 is 0 Å². The number of aromatic nitrogens is 1. The van der Waals surface area contributed by atoms with E-state index in [4.69, 9.17) is 14.7 Å². The first-order valence-corrected chi connectivity index (χ1v) is 4.64. The quantitative estimate of drug-likeness (QED) is 0.682. The number of nitrogens with zero attached hydrogens (tertiary/aromatic N) is 1. The van der Waals surface area contributed by atoms with Crippen LogP contribution in [0.4, 0.5) is 10.2 Å². The number of nitrogen functional groups attached to an aromatic ring is 1. The molecule has 3 aromatic rings. The van der Waals surface area contributed by atoms with Crippen molar-refractivity contribution in [1.29, 1.82) is 0 Å². The summed E-state index contributed by atoms with van der Waals surface area (Å²) in [4.78, 5) is 0. The van der Waals surface area contributed by atoms with E-state index in [1.165, 1.54) is 12.1 Å². The molecular formula is C11H7FN2O2. The Hall–Kier alpha value is -2.30. The number of rotatable bonds is 1. The fourth-order valence-electron chi connectivity index (χ4n) is 1.55. The molecule has 0 unspecified atom stereocenters. The van der Waals surface area contributed by atoms with Crippen LogP contribution < -0.4 is 5.73 Å². The zero-order chi connectivity index (χ0) is 11.1. The Kier molecular flexibility index (Phi) is 1.73. The third-order valence-corrected chi connectivity index (χ3v) is 2.28. The van der Waals surface area contributed by atoms with Crippen LogP contribution in [0.25, 0.3) is 22.5 Å². The van der Waals surface area contributed by atoms with E-state index in [2.05, 4.69) is 5.16 Å². The number of hydrogen-bond donors (Lipinski definition) is 1. The predicted molar refractivity (Wildman–Crippen MR) is 56.1 cm³/mol. The number of fused-ring (bicyclic) bond motifs is 1. The van der Waals surface area contributed by atoms with Crippen molar-refractivity contribution in [3.8, 4) is 11.5 Å². The first kappa shape index (κ1) is 8.96. The molecule has 0 bridgehead atoms. The minimum Gasteiger partial charge on any atom is -0.453 e. The number of hydrogen-bond acceptors (Lipinski definition) is 4. The minimum absolute atomic E-state index is 0.260. The number of nitrogens with two attached hydrogens (primary N) is 1. The zero-order valence-electron chi connectivity index (χ0n) is 8.11. The van der Waals surface area contributed by atoms with Crippen LogP contribution in [-0.2, 0) is 0 Å². The van der Waals surface area contributed by atoms with Gasteiger partial charge in [-0.05, 0) is 18.2 Å². The SMILES string of the molecule is Nc1cc(-c2cc3c(F)cccc3o2)on1. The molecule has 0 aliphatic carbocycles. The third kappa shape index (κ3) is 1.25. The molecule has 0 aliphatic heterocycles. The van der Waals surface area contributed by atoms with Crippen LogP contribution in [-0.4, -0.2) is 5.16 Å². The van der Waals surface area contributed by atoms with Crippen molar-refractivity contribution in [2.75, 3.05) is 5.73 Å². The van der Waals surface area contributed by atoms with Crippen LogP contribution in [0.2, 0.25) is 0 Å². The summed E-state index contributed by atoms with van der Waals surface area (Å²) >= 11 is 0. The van der Waals surface area contributed by atoms with Crippen molar-refractivity contribution in [2.45, 2.75) is 0 Å². The van der Waals surface area contributed by atoms with Gasteiger partial charge in [0, 0.05) is 6.07 Å².